The molecule has 2 heterocycles. The Hall–Kier alpha value is -0.0700. The molecular formula is C16H33Cl2N3O2. The van der Waals surface area contributed by atoms with Gasteiger partial charge in [0.1, 0.15) is 5.60 Å². The Morgan fingerprint density at radius 2 is 1.96 bits per heavy atom. The Labute approximate surface area is 153 Å². The van der Waals surface area contributed by atoms with Gasteiger partial charge in [-0.25, -0.2) is 0 Å². The molecule has 0 spiro atoms. The summed E-state index contributed by atoms with van der Waals surface area (Å²) in [6.45, 7) is 3.74. The van der Waals surface area contributed by atoms with E-state index in [-0.39, 0.29) is 30.7 Å². The van der Waals surface area contributed by atoms with Gasteiger partial charge in [0.15, 0.2) is 0 Å². The van der Waals surface area contributed by atoms with Crippen LogP contribution in [0.5, 0.6) is 0 Å². The summed E-state index contributed by atoms with van der Waals surface area (Å²) >= 11 is 0. The molecule has 5 nitrogen and oxygen atoms in total. The summed E-state index contributed by atoms with van der Waals surface area (Å²) in [5.41, 5.74) is -0.599. The number of carbonyl (C=O) groups is 1. The van der Waals surface area contributed by atoms with E-state index in [1.807, 2.05) is 11.9 Å². The average Bonchev–Trinajstić information content (AvgIpc) is 2.53. The summed E-state index contributed by atoms with van der Waals surface area (Å²) in [6, 6.07) is 0.625. The van der Waals surface area contributed by atoms with Crippen LogP contribution in [0.4, 0.5) is 0 Å². The van der Waals surface area contributed by atoms with E-state index in [1.165, 1.54) is 25.8 Å². The Balaban J connectivity index is 0.00000242. The van der Waals surface area contributed by atoms with E-state index in [2.05, 4.69) is 17.3 Å². The van der Waals surface area contributed by atoms with Gasteiger partial charge in [0.2, 0.25) is 0 Å². The van der Waals surface area contributed by atoms with Crippen LogP contribution in [0.2, 0.25) is 0 Å². The molecule has 1 unspecified atom stereocenters. The highest BCUT2D eigenvalue weighted by atomic mass is 35.5. The summed E-state index contributed by atoms with van der Waals surface area (Å²) in [6.07, 6.45) is 6.50. The molecular weight excluding hydrogens is 337 g/mol. The minimum absolute atomic E-state index is 0. The summed E-state index contributed by atoms with van der Waals surface area (Å²) in [5.74, 6) is 0.157. The zero-order valence-corrected chi connectivity index (χ0v) is 16.3. The molecule has 2 fully saturated rings. The number of amides is 1. The SMILES string of the molecule is COC1(C(=O)N(C)CCC2CCCCN2C)CCNCC1.Cl.Cl. The van der Waals surface area contributed by atoms with Crippen LogP contribution in [0, 0.1) is 0 Å². The van der Waals surface area contributed by atoms with Gasteiger partial charge in [0, 0.05) is 26.7 Å². The molecule has 0 aromatic carbocycles. The third-order valence-electron chi connectivity index (χ3n) is 5.26. The van der Waals surface area contributed by atoms with Crippen molar-refractivity contribution in [3.63, 3.8) is 0 Å². The van der Waals surface area contributed by atoms with Gasteiger partial charge >= 0.3 is 0 Å². The number of likely N-dealkylation sites (N-methyl/N-ethyl adjacent to an activating group) is 1. The number of carbonyl (C=O) groups excluding carboxylic acids is 1. The lowest BCUT2D eigenvalue weighted by Gasteiger charge is -2.39. The van der Waals surface area contributed by atoms with E-state index < -0.39 is 5.60 Å². The number of nitrogens with one attached hydrogen (secondary N) is 1. The van der Waals surface area contributed by atoms with E-state index in [9.17, 15) is 4.79 Å². The number of ether oxygens (including phenoxy) is 1. The van der Waals surface area contributed by atoms with E-state index in [0.717, 1.165) is 38.9 Å². The third-order valence-corrected chi connectivity index (χ3v) is 5.26. The van der Waals surface area contributed by atoms with E-state index in [1.54, 1.807) is 7.11 Å². The van der Waals surface area contributed by atoms with Crippen molar-refractivity contribution >= 4 is 30.7 Å². The topological polar surface area (TPSA) is 44.8 Å². The zero-order valence-electron chi connectivity index (χ0n) is 14.7. The number of hydrogen-bond donors (Lipinski definition) is 1. The number of likely N-dealkylation sites (tertiary alicyclic amines) is 1. The second-order valence-electron chi connectivity index (χ2n) is 6.59. The summed E-state index contributed by atoms with van der Waals surface area (Å²) < 4.78 is 5.63. The monoisotopic (exact) mass is 369 g/mol. The largest absolute Gasteiger partial charge is 0.368 e. The molecule has 0 bridgehead atoms. The van der Waals surface area contributed by atoms with Crippen molar-refractivity contribution in [2.75, 3.05) is 47.4 Å². The molecule has 0 aliphatic carbocycles. The third kappa shape index (κ3) is 5.75. The maximum atomic E-state index is 12.8. The molecule has 1 atom stereocenters. The minimum atomic E-state index is -0.599. The van der Waals surface area contributed by atoms with Crippen LogP contribution in [-0.4, -0.2) is 74.7 Å². The summed E-state index contributed by atoms with van der Waals surface area (Å²) in [5, 5.41) is 3.30. The molecule has 0 aromatic rings. The molecule has 2 aliphatic rings. The Morgan fingerprint density at radius 1 is 1.30 bits per heavy atom. The summed E-state index contributed by atoms with van der Waals surface area (Å²) in [4.78, 5) is 17.1. The molecule has 0 aromatic heterocycles. The van der Waals surface area contributed by atoms with Crippen LogP contribution >= 0.6 is 24.8 Å². The molecule has 0 saturated carbocycles. The predicted molar refractivity (Wildman–Crippen MR) is 98.9 cm³/mol. The van der Waals surface area contributed by atoms with Gasteiger partial charge in [-0.05, 0) is 58.8 Å². The van der Waals surface area contributed by atoms with Gasteiger partial charge in [-0.15, -0.1) is 24.8 Å². The van der Waals surface area contributed by atoms with Crippen molar-refractivity contribution in [2.24, 2.45) is 0 Å². The van der Waals surface area contributed by atoms with Crippen LogP contribution < -0.4 is 5.32 Å². The lowest BCUT2D eigenvalue weighted by atomic mass is 9.90. The number of halogens is 2. The maximum absolute atomic E-state index is 12.8. The van der Waals surface area contributed by atoms with E-state index >= 15 is 0 Å². The van der Waals surface area contributed by atoms with Crippen molar-refractivity contribution in [3.05, 3.63) is 0 Å². The number of nitrogens with zero attached hydrogens (tertiary/aromatic N) is 2. The molecule has 23 heavy (non-hydrogen) atoms. The number of piperidine rings is 2. The van der Waals surface area contributed by atoms with Gasteiger partial charge in [-0.1, -0.05) is 6.42 Å². The first-order valence-electron chi connectivity index (χ1n) is 8.31. The van der Waals surface area contributed by atoms with Crippen LogP contribution in [0.25, 0.3) is 0 Å². The zero-order chi connectivity index (χ0) is 15.3. The fourth-order valence-electron chi connectivity index (χ4n) is 3.64. The smallest absolute Gasteiger partial charge is 0.254 e. The molecule has 1 N–H and O–H groups in total. The van der Waals surface area contributed by atoms with Gasteiger partial charge < -0.3 is 19.9 Å². The molecule has 2 aliphatic heterocycles. The fraction of sp³-hybridized carbons (Fsp3) is 0.938. The molecule has 2 rings (SSSR count). The van der Waals surface area contributed by atoms with Crippen LogP contribution in [0.15, 0.2) is 0 Å². The quantitative estimate of drug-likeness (QED) is 0.803. The van der Waals surface area contributed by atoms with Crippen molar-refractivity contribution in [2.45, 2.75) is 50.2 Å². The predicted octanol–water partition coefficient (Wildman–Crippen LogP) is 1.93. The van der Waals surface area contributed by atoms with Crippen molar-refractivity contribution in [1.82, 2.24) is 15.1 Å². The highest BCUT2D eigenvalue weighted by Crippen LogP contribution is 2.25. The first kappa shape index (κ1) is 22.9. The standard InChI is InChI=1S/C16H31N3O2.2ClH/c1-18-12-5-4-6-14(18)7-13-19(2)15(20)16(21-3)8-10-17-11-9-16;;/h14,17H,4-13H2,1-3H3;2*1H. The Kier molecular flexibility index (Phi) is 10.7. The van der Waals surface area contributed by atoms with Crippen LogP contribution in [0.3, 0.4) is 0 Å². The number of rotatable bonds is 5. The van der Waals surface area contributed by atoms with Crippen LogP contribution in [0.1, 0.15) is 38.5 Å². The van der Waals surface area contributed by atoms with Gasteiger partial charge in [-0.3, -0.25) is 4.79 Å². The van der Waals surface area contributed by atoms with Crippen molar-refractivity contribution in [1.29, 1.82) is 0 Å². The molecule has 0 radical (unpaired) electrons. The van der Waals surface area contributed by atoms with Crippen LogP contribution in [-0.2, 0) is 9.53 Å². The average molecular weight is 370 g/mol. The highest BCUT2D eigenvalue weighted by molar-refractivity contribution is 5.86. The van der Waals surface area contributed by atoms with Crippen molar-refractivity contribution in [3.8, 4) is 0 Å². The lowest BCUT2D eigenvalue weighted by molar-refractivity contribution is -0.157. The van der Waals surface area contributed by atoms with Gasteiger partial charge in [0.05, 0.1) is 0 Å². The second-order valence-corrected chi connectivity index (χ2v) is 6.59. The molecule has 138 valence electrons. The van der Waals surface area contributed by atoms with Crippen molar-refractivity contribution < 1.29 is 9.53 Å². The first-order chi connectivity index (χ1) is 10.1. The number of hydrogen-bond acceptors (Lipinski definition) is 4. The Bertz CT molecular complexity index is 352. The van der Waals surface area contributed by atoms with Gasteiger partial charge in [-0.2, -0.15) is 0 Å². The maximum Gasteiger partial charge on any atom is 0.254 e. The minimum Gasteiger partial charge on any atom is -0.368 e. The molecule has 7 heteroatoms. The first-order valence-corrected chi connectivity index (χ1v) is 8.31. The highest BCUT2D eigenvalue weighted by Gasteiger charge is 2.41. The summed E-state index contributed by atoms with van der Waals surface area (Å²) in [7, 11) is 5.80. The van der Waals surface area contributed by atoms with E-state index in [4.69, 9.17) is 4.74 Å². The lowest BCUT2D eigenvalue weighted by Crippen LogP contribution is -2.55. The second kappa shape index (κ2) is 10.7. The fourth-order valence-corrected chi connectivity index (χ4v) is 3.64. The van der Waals surface area contributed by atoms with Gasteiger partial charge in [0.25, 0.3) is 5.91 Å². The number of methoxy groups -OCH3 is 1. The normalized spacial score (nSPS) is 24.2. The molecule has 2 saturated heterocycles. The van der Waals surface area contributed by atoms with E-state index in [0.29, 0.717) is 6.04 Å². The Morgan fingerprint density at radius 3 is 2.52 bits per heavy atom. The molecule has 1 amide bonds.